The summed E-state index contributed by atoms with van der Waals surface area (Å²) in [5.41, 5.74) is 0.350. The second-order valence-corrected chi connectivity index (χ2v) is 5.48. The molecule has 3 nitrogen and oxygen atoms in total. The van der Waals surface area contributed by atoms with Gasteiger partial charge < -0.3 is 4.74 Å². The standard InChI is InChI=1S/C15H20O3/c1-5-12(16)11-8-6-7-9-13(11)18-14(17)10-15(2,3)4/h6-9H,5,10H2,1-4H3. The molecular weight excluding hydrogens is 228 g/mol. The summed E-state index contributed by atoms with van der Waals surface area (Å²) in [6.07, 6.45) is 0.718. The first-order chi connectivity index (χ1) is 8.33. The molecule has 0 saturated carbocycles. The van der Waals surface area contributed by atoms with E-state index in [-0.39, 0.29) is 17.2 Å². The Hall–Kier alpha value is -1.64. The number of ketones is 1. The summed E-state index contributed by atoms with van der Waals surface area (Å²) in [4.78, 5) is 23.5. The van der Waals surface area contributed by atoms with Crippen molar-refractivity contribution in [1.29, 1.82) is 0 Å². The van der Waals surface area contributed by atoms with Crippen molar-refractivity contribution in [3.63, 3.8) is 0 Å². The van der Waals surface area contributed by atoms with E-state index in [0.717, 1.165) is 0 Å². The maximum absolute atomic E-state index is 11.8. The predicted octanol–water partition coefficient (Wildman–Crippen LogP) is 3.62. The number of benzene rings is 1. The van der Waals surface area contributed by atoms with Crippen LogP contribution in [0.3, 0.4) is 0 Å². The summed E-state index contributed by atoms with van der Waals surface area (Å²) in [5.74, 6) is 0.0339. The zero-order valence-electron chi connectivity index (χ0n) is 11.4. The highest BCUT2D eigenvalue weighted by Crippen LogP contribution is 2.23. The van der Waals surface area contributed by atoms with Crippen molar-refractivity contribution in [2.45, 2.75) is 40.5 Å². The Morgan fingerprint density at radius 3 is 2.33 bits per heavy atom. The SMILES string of the molecule is CCC(=O)c1ccccc1OC(=O)CC(C)(C)C. The van der Waals surface area contributed by atoms with Gasteiger partial charge in [0.15, 0.2) is 5.78 Å². The minimum Gasteiger partial charge on any atom is -0.426 e. The van der Waals surface area contributed by atoms with Crippen LogP contribution in [0, 0.1) is 5.41 Å². The van der Waals surface area contributed by atoms with E-state index >= 15 is 0 Å². The summed E-state index contributed by atoms with van der Waals surface area (Å²) in [7, 11) is 0. The summed E-state index contributed by atoms with van der Waals surface area (Å²) in [6.45, 7) is 7.70. The average molecular weight is 248 g/mol. The first kappa shape index (κ1) is 14.4. The lowest BCUT2D eigenvalue weighted by Gasteiger charge is -2.17. The molecule has 98 valence electrons. The van der Waals surface area contributed by atoms with Gasteiger partial charge >= 0.3 is 5.97 Å². The van der Waals surface area contributed by atoms with Gasteiger partial charge in [-0.05, 0) is 17.5 Å². The molecule has 0 saturated heterocycles. The Bertz CT molecular complexity index is 441. The van der Waals surface area contributed by atoms with Crippen LogP contribution in [0.1, 0.15) is 50.9 Å². The highest BCUT2D eigenvalue weighted by Gasteiger charge is 2.19. The summed E-state index contributed by atoms with van der Waals surface area (Å²) >= 11 is 0. The quantitative estimate of drug-likeness (QED) is 0.464. The molecule has 0 aromatic heterocycles. The molecule has 0 aliphatic rings. The van der Waals surface area contributed by atoms with Crippen LogP contribution in [-0.2, 0) is 4.79 Å². The van der Waals surface area contributed by atoms with Crippen LogP contribution in [0.25, 0.3) is 0 Å². The van der Waals surface area contributed by atoms with E-state index in [1.54, 1.807) is 31.2 Å². The fourth-order valence-corrected chi connectivity index (χ4v) is 1.57. The van der Waals surface area contributed by atoms with Crippen molar-refractivity contribution in [2.75, 3.05) is 0 Å². The van der Waals surface area contributed by atoms with E-state index in [1.807, 2.05) is 20.8 Å². The van der Waals surface area contributed by atoms with Crippen LogP contribution in [0.2, 0.25) is 0 Å². The molecule has 0 heterocycles. The number of esters is 1. The van der Waals surface area contributed by atoms with Crippen LogP contribution in [0.5, 0.6) is 5.75 Å². The highest BCUT2D eigenvalue weighted by atomic mass is 16.5. The van der Waals surface area contributed by atoms with Crippen molar-refractivity contribution in [3.8, 4) is 5.75 Å². The van der Waals surface area contributed by atoms with E-state index in [4.69, 9.17) is 4.74 Å². The molecule has 0 fully saturated rings. The van der Waals surface area contributed by atoms with Crippen LogP contribution < -0.4 is 4.74 Å². The first-order valence-electron chi connectivity index (χ1n) is 6.16. The summed E-state index contributed by atoms with van der Waals surface area (Å²) in [5, 5.41) is 0. The van der Waals surface area contributed by atoms with Crippen LogP contribution >= 0.6 is 0 Å². The number of carbonyl (C=O) groups is 2. The molecule has 0 unspecified atom stereocenters. The minimum absolute atomic E-state index is 0.0193. The van der Waals surface area contributed by atoms with Gasteiger partial charge in [0, 0.05) is 6.42 Å². The average Bonchev–Trinajstić information content (AvgIpc) is 2.26. The Morgan fingerprint density at radius 2 is 1.78 bits per heavy atom. The monoisotopic (exact) mass is 248 g/mol. The van der Waals surface area contributed by atoms with E-state index in [9.17, 15) is 9.59 Å². The fourth-order valence-electron chi connectivity index (χ4n) is 1.57. The lowest BCUT2D eigenvalue weighted by molar-refractivity contribution is -0.136. The third-order valence-electron chi connectivity index (χ3n) is 2.41. The molecule has 1 aromatic rings. The van der Waals surface area contributed by atoms with Crippen molar-refractivity contribution in [1.82, 2.24) is 0 Å². The van der Waals surface area contributed by atoms with Gasteiger partial charge in [-0.2, -0.15) is 0 Å². The van der Waals surface area contributed by atoms with Crippen molar-refractivity contribution < 1.29 is 14.3 Å². The first-order valence-corrected chi connectivity index (χ1v) is 6.16. The molecule has 18 heavy (non-hydrogen) atoms. The van der Waals surface area contributed by atoms with Gasteiger partial charge in [-0.15, -0.1) is 0 Å². The molecule has 0 aliphatic heterocycles. The maximum atomic E-state index is 11.8. The fraction of sp³-hybridized carbons (Fsp3) is 0.467. The number of hydrogen-bond acceptors (Lipinski definition) is 3. The van der Waals surface area contributed by atoms with Gasteiger partial charge in [-0.1, -0.05) is 39.8 Å². The van der Waals surface area contributed by atoms with Crippen LogP contribution in [-0.4, -0.2) is 11.8 Å². The molecule has 0 aliphatic carbocycles. The summed E-state index contributed by atoms with van der Waals surface area (Å²) in [6, 6.07) is 6.87. The molecule has 0 atom stereocenters. The lowest BCUT2D eigenvalue weighted by atomic mass is 9.92. The zero-order valence-corrected chi connectivity index (χ0v) is 11.4. The number of carbonyl (C=O) groups excluding carboxylic acids is 2. The van der Waals surface area contributed by atoms with Crippen molar-refractivity contribution >= 4 is 11.8 Å². The Balaban J connectivity index is 2.85. The predicted molar refractivity (Wildman–Crippen MR) is 70.8 cm³/mol. The third-order valence-corrected chi connectivity index (χ3v) is 2.41. The van der Waals surface area contributed by atoms with Crippen LogP contribution in [0.15, 0.2) is 24.3 Å². The smallest absolute Gasteiger partial charge is 0.311 e. The van der Waals surface area contributed by atoms with E-state index in [0.29, 0.717) is 24.2 Å². The Labute approximate surface area is 108 Å². The molecule has 0 N–H and O–H groups in total. The number of para-hydroxylation sites is 1. The second-order valence-electron chi connectivity index (χ2n) is 5.48. The molecule has 1 aromatic carbocycles. The van der Waals surface area contributed by atoms with Crippen LogP contribution in [0.4, 0.5) is 0 Å². The molecule has 1 rings (SSSR count). The number of ether oxygens (including phenoxy) is 1. The normalized spacial score (nSPS) is 11.1. The third kappa shape index (κ3) is 4.32. The molecule has 0 bridgehead atoms. The Kier molecular flexibility index (Phi) is 4.65. The number of hydrogen-bond donors (Lipinski definition) is 0. The van der Waals surface area contributed by atoms with E-state index in [2.05, 4.69) is 0 Å². The second kappa shape index (κ2) is 5.80. The number of Topliss-reactive ketones (excluding diaryl/α,β-unsaturated/α-hetero) is 1. The Morgan fingerprint density at radius 1 is 1.17 bits per heavy atom. The molecule has 0 amide bonds. The number of rotatable bonds is 4. The summed E-state index contributed by atoms with van der Waals surface area (Å²) < 4.78 is 5.28. The van der Waals surface area contributed by atoms with Crippen molar-refractivity contribution in [3.05, 3.63) is 29.8 Å². The van der Waals surface area contributed by atoms with Gasteiger partial charge in [-0.3, -0.25) is 9.59 Å². The lowest BCUT2D eigenvalue weighted by Crippen LogP contribution is -2.18. The van der Waals surface area contributed by atoms with Gasteiger partial charge in [0.2, 0.25) is 0 Å². The van der Waals surface area contributed by atoms with Gasteiger partial charge in [0.05, 0.1) is 12.0 Å². The topological polar surface area (TPSA) is 43.4 Å². The molecular formula is C15H20O3. The zero-order chi connectivity index (χ0) is 13.8. The van der Waals surface area contributed by atoms with Gasteiger partial charge in [0.1, 0.15) is 5.75 Å². The molecule has 0 radical (unpaired) electrons. The van der Waals surface area contributed by atoms with Crippen molar-refractivity contribution in [2.24, 2.45) is 5.41 Å². The maximum Gasteiger partial charge on any atom is 0.311 e. The largest absolute Gasteiger partial charge is 0.426 e. The highest BCUT2D eigenvalue weighted by molar-refractivity contribution is 5.99. The molecule has 3 heteroatoms. The van der Waals surface area contributed by atoms with Gasteiger partial charge in [0.25, 0.3) is 0 Å². The minimum atomic E-state index is -0.307. The van der Waals surface area contributed by atoms with E-state index in [1.165, 1.54) is 0 Å². The molecule has 0 spiro atoms. The van der Waals surface area contributed by atoms with Gasteiger partial charge in [-0.25, -0.2) is 0 Å². The van der Waals surface area contributed by atoms with E-state index < -0.39 is 0 Å².